The number of carbonyl (C=O) groups is 1. The molecule has 4 rings (SSSR count). The molecule has 1 fully saturated rings. The summed E-state index contributed by atoms with van der Waals surface area (Å²) in [5, 5.41) is 36.7. The van der Waals surface area contributed by atoms with Gasteiger partial charge in [-0.3, -0.25) is 4.79 Å². The largest absolute Gasteiger partial charge is 0.394 e. The van der Waals surface area contributed by atoms with Crippen molar-refractivity contribution in [2.45, 2.75) is 24.5 Å². The summed E-state index contributed by atoms with van der Waals surface area (Å²) in [7, 11) is 0. The minimum Gasteiger partial charge on any atom is -0.394 e. The van der Waals surface area contributed by atoms with Crippen LogP contribution < -0.4 is 11.1 Å². The number of hydrogen-bond donors (Lipinski definition) is 5. The van der Waals surface area contributed by atoms with Gasteiger partial charge in [0.15, 0.2) is 17.6 Å². The first-order valence-corrected chi connectivity index (χ1v) is 8.48. The number of anilines is 2. The quantitative estimate of drug-likeness (QED) is 0.388. The predicted molar refractivity (Wildman–Crippen MR) is 97.1 cm³/mol. The van der Waals surface area contributed by atoms with Crippen molar-refractivity contribution < 1.29 is 24.9 Å². The first-order valence-electron chi connectivity index (χ1n) is 8.48. The van der Waals surface area contributed by atoms with Gasteiger partial charge in [-0.25, -0.2) is 14.6 Å². The lowest BCUT2D eigenvalue weighted by atomic mass is 10.1. The van der Waals surface area contributed by atoms with Gasteiger partial charge in [-0.05, 0) is 12.1 Å². The summed E-state index contributed by atoms with van der Waals surface area (Å²) in [5.74, 6) is -0.524. The first-order chi connectivity index (χ1) is 13.5. The molecule has 1 amide bonds. The number of ether oxygens (including phenoxy) is 1. The number of nitrogens with one attached hydrogen (secondary N) is 1. The summed E-state index contributed by atoms with van der Waals surface area (Å²) in [6, 6.07) is 8.77. The van der Waals surface area contributed by atoms with Crippen LogP contribution in [0.5, 0.6) is 0 Å². The van der Waals surface area contributed by atoms with E-state index in [-0.39, 0.29) is 22.5 Å². The van der Waals surface area contributed by atoms with Crippen LogP contribution in [0.3, 0.4) is 0 Å². The third-order valence-electron chi connectivity index (χ3n) is 4.52. The number of aliphatic hydroxyl groups excluding tert-OH is 3. The Labute approximate surface area is 158 Å². The molecule has 0 spiro atoms. The maximum atomic E-state index is 12.8. The summed E-state index contributed by atoms with van der Waals surface area (Å²) in [6.07, 6.45) is -3.69. The molecule has 146 valence electrons. The van der Waals surface area contributed by atoms with E-state index < -0.39 is 37.1 Å². The van der Waals surface area contributed by atoms with E-state index in [1.54, 1.807) is 24.3 Å². The van der Waals surface area contributed by atoms with Crippen LogP contribution in [0.4, 0.5) is 11.5 Å². The highest BCUT2D eigenvalue weighted by molar-refractivity contribution is 6.13. The molecule has 1 saturated heterocycles. The normalized spacial score (nSPS) is 24.5. The van der Waals surface area contributed by atoms with Gasteiger partial charge < -0.3 is 31.1 Å². The summed E-state index contributed by atoms with van der Waals surface area (Å²) in [6.45, 7) is -0.494. The monoisotopic (exact) mass is 386 g/mol. The van der Waals surface area contributed by atoms with E-state index in [1.165, 1.54) is 6.33 Å². The van der Waals surface area contributed by atoms with E-state index in [9.17, 15) is 20.1 Å². The van der Waals surface area contributed by atoms with E-state index in [2.05, 4.69) is 20.4 Å². The number of para-hydroxylation sites is 1. The van der Waals surface area contributed by atoms with Gasteiger partial charge in [0.1, 0.15) is 30.5 Å². The Hall–Kier alpha value is -3.12. The fourth-order valence-corrected chi connectivity index (χ4v) is 3.13. The fraction of sp³-hybridized carbons (Fsp3) is 0.294. The van der Waals surface area contributed by atoms with E-state index in [4.69, 9.17) is 10.5 Å². The Kier molecular flexibility index (Phi) is 4.65. The zero-order chi connectivity index (χ0) is 19.8. The molecular formula is C17H18N6O5. The van der Waals surface area contributed by atoms with Gasteiger partial charge in [-0.1, -0.05) is 18.2 Å². The van der Waals surface area contributed by atoms with Crippen molar-refractivity contribution in [2.24, 2.45) is 0 Å². The SMILES string of the molecule is Nc1ncnc2c1c(C(=O)Nc1ccccc1)nn2[C@@H]1O[C@H](CO)[C@@H](O)[C@H]1O. The van der Waals surface area contributed by atoms with E-state index in [0.29, 0.717) is 5.69 Å². The van der Waals surface area contributed by atoms with E-state index in [1.807, 2.05) is 6.07 Å². The Morgan fingerprint density at radius 1 is 1.21 bits per heavy atom. The molecular weight excluding hydrogens is 368 g/mol. The van der Waals surface area contributed by atoms with Crippen molar-refractivity contribution in [2.75, 3.05) is 17.7 Å². The van der Waals surface area contributed by atoms with Crippen LogP contribution in [0.1, 0.15) is 16.7 Å². The molecule has 11 heteroatoms. The Bertz CT molecular complexity index is 1010. The average molecular weight is 386 g/mol. The Morgan fingerprint density at radius 2 is 1.96 bits per heavy atom. The van der Waals surface area contributed by atoms with Crippen LogP contribution >= 0.6 is 0 Å². The minimum atomic E-state index is -1.39. The molecule has 0 unspecified atom stereocenters. The number of rotatable bonds is 4. The number of amides is 1. The highest BCUT2D eigenvalue weighted by Gasteiger charge is 2.45. The van der Waals surface area contributed by atoms with Gasteiger partial charge in [0, 0.05) is 5.69 Å². The molecule has 6 N–H and O–H groups in total. The lowest BCUT2D eigenvalue weighted by Crippen LogP contribution is -2.33. The topological polar surface area (TPSA) is 169 Å². The van der Waals surface area contributed by atoms with Crippen LogP contribution in [0.2, 0.25) is 0 Å². The second-order valence-electron chi connectivity index (χ2n) is 6.30. The highest BCUT2D eigenvalue weighted by atomic mass is 16.6. The van der Waals surface area contributed by atoms with Crippen molar-refractivity contribution in [1.82, 2.24) is 19.7 Å². The number of benzene rings is 1. The molecule has 0 radical (unpaired) electrons. The Morgan fingerprint density at radius 3 is 2.64 bits per heavy atom. The van der Waals surface area contributed by atoms with E-state index in [0.717, 1.165) is 4.68 Å². The smallest absolute Gasteiger partial charge is 0.277 e. The van der Waals surface area contributed by atoms with Crippen molar-refractivity contribution in [3.8, 4) is 0 Å². The van der Waals surface area contributed by atoms with Crippen molar-refractivity contribution in [1.29, 1.82) is 0 Å². The summed E-state index contributed by atoms with van der Waals surface area (Å²) in [4.78, 5) is 20.8. The number of nitrogen functional groups attached to an aromatic ring is 1. The van der Waals surface area contributed by atoms with Crippen molar-refractivity contribution in [3.63, 3.8) is 0 Å². The first kappa shape index (κ1) is 18.3. The lowest BCUT2D eigenvalue weighted by Gasteiger charge is -2.15. The van der Waals surface area contributed by atoms with Gasteiger partial charge in [0.2, 0.25) is 0 Å². The van der Waals surface area contributed by atoms with Crippen LogP contribution in [0.15, 0.2) is 36.7 Å². The average Bonchev–Trinajstić information content (AvgIpc) is 3.22. The number of aliphatic hydroxyl groups is 3. The van der Waals surface area contributed by atoms with Gasteiger partial charge in [0.05, 0.1) is 12.0 Å². The maximum absolute atomic E-state index is 12.8. The molecule has 1 aliphatic heterocycles. The molecule has 0 saturated carbocycles. The van der Waals surface area contributed by atoms with Gasteiger partial charge in [0.25, 0.3) is 5.91 Å². The van der Waals surface area contributed by atoms with Gasteiger partial charge in [-0.2, -0.15) is 5.10 Å². The van der Waals surface area contributed by atoms with Gasteiger partial charge in [-0.15, -0.1) is 0 Å². The van der Waals surface area contributed by atoms with Crippen LogP contribution in [0.25, 0.3) is 11.0 Å². The second kappa shape index (κ2) is 7.13. The number of carbonyl (C=O) groups excluding carboxylic acids is 1. The van der Waals surface area contributed by atoms with E-state index >= 15 is 0 Å². The second-order valence-corrected chi connectivity index (χ2v) is 6.30. The lowest BCUT2D eigenvalue weighted by molar-refractivity contribution is -0.0567. The number of hydrogen-bond acceptors (Lipinski definition) is 9. The molecule has 0 bridgehead atoms. The minimum absolute atomic E-state index is 0.0289. The number of aromatic nitrogens is 4. The number of nitrogens with two attached hydrogens (primary N) is 1. The predicted octanol–water partition coefficient (Wildman–Crippen LogP) is -0.728. The molecule has 2 aromatic heterocycles. The molecule has 4 atom stereocenters. The number of fused-ring (bicyclic) bond motifs is 1. The zero-order valence-corrected chi connectivity index (χ0v) is 14.5. The summed E-state index contributed by atoms with van der Waals surface area (Å²) < 4.78 is 6.66. The third kappa shape index (κ3) is 2.96. The van der Waals surface area contributed by atoms with Gasteiger partial charge >= 0.3 is 0 Å². The molecule has 1 aromatic carbocycles. The standard InChI is InChI=1S/C17H18N6O5/c18-14-10-11(16(27)21-8-4-2-1-3-5-8)22-23(15(10)20-7-19-14)17-13(26)12(25)9(6-24)28-17/h1-5,7,9,12-13,17,24-26H,6H2,(H,21,27)(H2,18,19,20)/t9-,12-,13-,17-/m1/s1. The zero-order valence-electron chi connectivity index (χ0n) is 14.5. The van der Waals surface area contributed by atoms with Crippen molar-refractivity contribution in [3.05, 3.63) is 42.4 Å². The summed E-state index contributed by atoms with van der Waals surface area (Å²) in [5.41, 5.74) is 6.59. The highest BCUT2D eigenvalue weighted by Crippen LogP contribution is 2.33. The fourth-order valence-electron chi connectivity index (χ4n) is 3.13. The molecule has 1 aliphatic rings. The van der Waals surface area contributed by atoms with Crippen LogP contribution in [-0.2, 0) is 4.74 Å². The van der Waals surface area contributed by atoms with Crippen molar-refractivity contribution >= 4 is 28.4 Å². The van der Waals surface area contributed by atoms with Crippen LogP contribution in [-0.4, -0.2) is 65.9 Å². The van der Waals surface area contributed by atoms with Crippen LogP contribution in [0, 0.1) is 0 Å². The molecule has 0 aliphatic carbocycles. The maximum Gasteiger partial charge on any atom is 0.277 e. The number of nitrogens with zero attached hydrogens (tertiary/aromatic N) is 4. The Balaban J connectivity index is 1.77. The molecule has 28 heavy (non-hydrogen) atoms. The molecule has 3 heterocycles. The molecule has 11 nitrogen and oxygen atoms in total. The molecule has 3 aromatic rings. The summed E-state index contributed by atoms with van der Waals surface area (Å²) >= 11 is 0. The third-order valence-corrected chi connectivity index (χ3v) is 4.52.